The van der Waals surface area contributed by atoms with E-state index in [9.17, 15) is 17.9 Å². The Morgan fingerprint density at radius 2 is 1.91 bits per heavy atom. The maximum Gasteiger partial charge on any atom is 0.244 e. The summed E-state index contributed by atoms with van der Waals surface area (Å²) in [5.41, 5.74) is 0.584. The first-order valence-electron chi connectivity index (χ1n) is 6.35. The van der Waals surface area contributed by atoms with Gasteiger partial charge in [-0.05, 0) is 23.8 Å². The lowest BCUT2D eigenvalue weighted by Gasteiger charge is -2.17. The van der Waals surface area contributed by atoms with Crippen LogP contribution >= 0.6 is 0 Å². The second-order valence-corrected chi connectivity index (χ2v) is 6.21. The van der Waals surface area contributed by atoms with Crippen molar-refractivity contribution in [1.29, 1.82) is 5.26 Å². The van der Waals surface area contributed by atoms with Gasteiger partial charge in [-0.15, -0.1) is 0 Å². The Morgan fingerprint density at radius 1 is 1.23 bits per heavy atom. The van der Waals surface area contributed by atoms with Gasteiger partial charge in [0.2, 0.25) is 10.0 Å². The zero-order chi connectivity index (χ0) is 16.2. The number of aliphatic hydroxyl groups excluding tert-OH is 1. The molecule has 0 bridgehead atoms. The molecule has 0 saturated carbocycles. The molecule has 114 valence electrons. The molecule has 0 radical (unpaired) electrons. The molecule has 0 amide bonds. The molecule has 0 fully saturated rings. The van der Waals surface area contributed by atoms with Crippen molar-refractivity contribution >= 4 is 10.0 Å². The first kappa shape index (κ1) is 16.1. The van der Waals surface area contributed by atoms with Crippen molar-refractivity contribution in [2.45, 2.75) is 10.9 Å². The number of nitrogens with zero attached hydrogens (tertiary/aromatic N) is 1. The summed E-state index contributed by atoms with van der Waals surface area (Å²) >= 11 is 0. The number of hydrogen-bond donors (Lipinski definition) is 2. The fourth-order valence-corrected chi connectivity index (χ4v) is 3.21. The third-order valence-corrected chi connectivity index (χ3v) is 4.54. The zero-order valence-electron chi connectivity index (χ0n) is 11.4. The Morgan fingerprint density at radius 3 is 2.45 bits per heavy atom. The van der Waals surface area contributed by atoms with Crippen LogP contribution in [0, 0.1) is 17.1 Å². The van der Waals surface area contributed by atoms with Gasteiger partial charge >= 0.3 is 0 Å². The molecule has 5 nitrogen and oxygen atoms in total. The highest BCUT2D eigenvalue weighted by molar-refractivity contribution is 7.89. The fraction of sp³-hybridized carbons (Fsp3) is 0.133. The molecule has 0 spiro atoms. The van der Waals surface area contributed by atoms with Crippen LogP contribution < -0.4 is 4.72 Å². The van der Waals surface area contributed by atoms with Gasteiger partial charge in [-0.2, -0.15) is 5.26 Å². The van der Waals surface area contributed by atoms with Crippen LogP contribution in [-0.2, 0) is 10.0 Å². The topological polar surface area (TPSA) is 90.2 Å². The summed E-state index contributed by atoms with van der Waals surface area (Å²) in [6.45, 7) is -0.471. The number of nitrogens with one attached hydrogen (secondary N) is 1. The summed E-state index contributed by atoms with van der Waals surface area (Å²) in [4.78, 5) is -0.569. The van der Waals surface area contributed by atoms with Crippen molar-refractivity contribution in [3.8, 4) is 6.07 Å². The van der Waals surface area contributed by atoms with Crippen molar-refractivity contribution in [3.63, 3.8) is 0 Å². The van der Waals surface area contributed by atoms with E-state index in [2.05, 4.69) is 4.72 Å². The maximum absolute atomic E-state index is 13.9. The first-order chi connectivity index (χ1) is 10.5. The molecule has 1 unspecified atom stereocenters. The Hall–Kier alpha value is -2.27. The minimum Gasteiger partial charge on any atom is -0.394 e. The lowest BCUT2D eigenvalue weighted by molar-refractivity contribution is 0.258. The molecule has 7 heteroatoms. The zero-order valence-corrected chi connectivity index (χ0v) is 12.2. The number of rotatable bonds is 5. The molecule has 22 heavy (non-hydrogen) atoms. The van der Waals surface area contributed by atoms with Gasteiger partial charge in [-0.25, -0.2) is 17.5 Å². The Kier molecular flexibility index (Phi) is 4.88. The lowest BCUT2D eigenvalue weighted by Crippen LogP contribution is -2.31. The van der Waals surface area contributed by atoms with E-state index < -0.39 is 33.4 Å². The van der Waals surface area contributed by atoms with E-state index >= 15 is 0 Å². The van der Waals surface area contributed by atoms with E-state index in [1.807, 2.05) is 0 Å². The van der Waals surface area contributed by atoms with E-state index in [0.717, 1.165) is 12.1 Å². The second-order valence-electron chi connectivity index (χ2n) is 4.52. The first-order valence-corrected chi connectivity index (χ1v) is 7.84. The van der Waals surface area contributed by atoms with E-state index in [4.69, 9.17) is 5.26 Å². The van der Waals surface area contributed by atoms with Gasteiger partial charge in [0.15, 0.2) is 0 Å². The van der Waals surface area contributed by atoms with E-state index in [0.29, 0.717) is 5.56 Å². The van der Waals surface area contributed by atoms with Crippen molar-refractivity contribution in [1.82, 2.24) is 4.72 Å². The predicted octanol–water partition coefficient (Wildman–Crippen LogP) is 1.71. The average Bonchev–Trinajstić information content (AvgIpc) is 2.53. The van der Waals surface area contributed by atoms with Gasteiger partial charge in [-0.1, -0.05) is 30.3 Å². The van der Waals surface area contributed by atoms with Crippen LogP contribution in [0.5, 0.6) is 0 Å². The number of nitriles is 1. The highest BCUT2D eigenvalue weighted by atomic mass is 32.2. The molecule has 0 saturated heterocycles. The van der Waals surface area contributed by atoms with Gasteiger partial charge in [-0.3, -0.25) is 0 Å². The van der Waals surface area contributed by atoms with Gasteiger partial charge in [0, 0.05) is 0 Å². The van der Waals surface area contributed by atoms with E-state index in [-0.39, 0.29) is 5.56 Å². The minimum atomic E-state index is -4.17. The second kappa shape index (κ2) is 6.66. The van der Waals surface area contributed by atoms with Crippen molar-refractivity contribution in [2.75, 3.05) is 6.61 Å². The third kappa shape index (κ3) is 3.49. The van der Waals surface area contributed by atoms with Crippen molar-refractivity contribution in [2.24, 2.45) is 0 Å². The fourth-order valence-electron chi connectivity index (χ4n) is 1.94. The number of aliphatic hydroxyl groups is 1. The van der Waals surface area contributed by atoms with Crippen LogP contribution in [0.2, 0.25) is 0 Å². The SMILES string of the molecule is N#Cc1ccc(S(=O)(=O)NC(CO)c2ccccc2)c(F)c1. The molecule has 2 N–H and O–H groups in total. The van der Waals surface area contributed by atoms with Gasteiger partial charge < -0.3 is 5.11 Å². The van der Waals surface area contributed by atoms with E-state index in [1.165, 1.54) is 6.07 Å². The molecule has 0 aromatic heterocycles. The molecular weight excluding hydrogens is 307 g/mol. The number of hydrogen-bond acceptors (Lipinski definition) is 4. The van der Waals surface area contributed by atoms with Crippen LogP contribution in [0.1, 0.15) is 17.2 Å². The molecular formula is C15H13FN2O3S. The summed E-state index contributed by atoms with van der Waals surface area (Å²) in [7, 11) is -4.17. The Bertz CT molecular complexity index is 801. The molecule has 0 aliphatic heterocycles. The number of sulfonamides is 1. The van der Waals surface area contributed by atoms with Gasteiger partial charge in [0.1, 0.15) is 10.7 Å². The summed E-state index contributed by atoms with van der Waals surface area (Å²) in [6, 6.07) is 12.4. The Labute approximate surface area is 127 Å². The quantitative estimate of drug-likeness (QED) is 0.877. The summed E-state index contributed by atoms with van der Waals surface area (Å²) < 4.78 is 40.6. The normalized spacial score (nSPS) is 12.6. The largest absolute Gasteiger partial charge is 0.394 e. The van der Waals surface area contributed by atoms with Crippen LogP contribution in [-0.4, -0.2) is 20.1 Å². The lowest BCUT2D eigenvalue weighted by atomic mass is 10.1. The molecule has 0 aliphatic carbocycles. The van der Waals surface area contributed by atoms with Gasteiger partial charge in [0.05, 0.1) is 24.3 Å². The molecule has 2 aromatic rings. The van der Waals surface area contributed by atoms with Crippen molar-refractivity contribution < 1.29 is 17.9 Å². The molecule has 2 rings (SSSR count). The highest BCUT2D eigenvalue weighted by Crippen LogP contribution is 2.20. The standard InChI is InChI=1S/C15H13FN2O3S/c16-13-8-11(9-17)6-7-15(13)22(20,21)18-14(10-19)12-4-2-1-3-5-12/h1-8,14,18-19H,10H2. The van der Waals surface area contributed by atoms with Gasteiger partial charge in [0.25, 0.3) is 0 Å². The van der Waals surface area contributed by atoms with Crippen LogP contribution in [0.15, 0.2) is 53.4 Å². The molecule has 1 atom stereocenters. The molecule has 2 aromatic carbocycles. The highest BCUT2D eigenvalue weighted by Gasteiger charge is 2.24. The summed E-state index contributed by atoms with van der Waals surface area (Å²) in [6.07, 6.45) is 0. The minimum absolute atomic E-state index is 0.0261. The monoisotopic (exact) mass is 320 g/mol. The van der Waals surface area contributed by atoms with Crippen molar-refractivity contribution in [3.05, 3.63) is 65.5 Å². The Balaban J connectivity index is 2.33. The smallest absolute Gasteiger partial charge is 0.244 e. The van der Waals surface area contributed by atoms with Crippen LogP contribution in [0.3, 0.4) is 0 Å². The predicted molar refractivity (Wildman–Crippen MR) is 77.7 cm³/mol. The number of halogens is 1. The average molecular weight is 320 g/mol. The summed E-state index contributed by atoms with van der Waals surface area (Å²) in [5.74, 6) is -1.02. The molecule has 0 aliphatic rings. The third-order valence-electron chi connectivity index (χ3n) is 3.03. The van der Waals surface area contributed by atoms with Crippen LogP contribution in [0.25, 0.3) is 0 Å². The molecule has 0 heterocycles. The number of benzene rings is 2. The maximum atomic E-state index is 13.9. The van der Waals surface area contributed by atoms with E-state index in [1.54, 1.807) is 36.4 Å². The van der Waals surface area contributed by atoms with Crippen LogP contribution in [0.4, 0.5) is 4.39 Å². The summed E-state index contributed by atoms with van der Waals surface area (Å²) in [5, 5.41) is 18.1.